The highest BCUT2D eigenvalue weighted by atomic mass is 19.1. The maximum Gasteiger partial charge on any atom is 0.126 e. The number of aliphatic hydroxyl groups is 1. The average Bonchev–Trinajstić information content (AvgIpc) is 2.69. The zero-order valence-electron chi connectivity index (χ0n) is 16.9. The molecule has 1 saturated heterocycles. The standard InChI is InChI=1S/C22H28F2N2O3/c1-28-21-9-17(10-22(12-21)29-2)14-26-5-4-25(15-20(26)3-6-27)13-16-7-18(23)11-19(24)8-16/h7-12,20,27H,3-6,13-15H2,1-2H3/t20-/m1/s1. The Morgan fingerprint density at radius 2 is 1.52 bits per heavy atom. The van der Waals surface area contributed by atoms with Crippen molar-refractivity contribution in [1.29, 1.82) is 0 Å². The zero-order chi connectivity index (χ0) is 20.8. The number of benzene rings is 2. The van der Waals surface area contributed by atoms with Crippen LogP contribution in [0.4, 0.5) is 8.78 Å². The number of rotatable bonds is 8. The van der Waals surface area contributed by atoms with Gasteiger partial charge in [0.25, 0.3) is 0 Å². The van der Waals surface area contributed by atoms with E-state index < -0.39 is 11.6 Å². The van der Waals surface area contributed by atoms with Gasteiger partial charge in [-0.05, 0) is 41.8 Å². The minimum absolute atomic E-state index is 0.0883. The molecule has 3 rings (SSSR count). The number of ether oxygens (including phenoxy) is 2. The van der Waals surface area contributed by atoms with Crippen LogP contribution in [-0.4, -0.2) is 61.4 Å². The van der Waals surface area contributed by atoms with Crippen LogP contribution in [0.2, 0.25) is 0 Å². The van der Waals surface area contributed by atoms with Crippen molar-refractivity contribution < 1.29 is 23.4 Å². The molecule has 0 spiro atoms. The number of piperazine rings is 1. The van der Waals surface area contributed by atoms with E-state index in [4.69, 9.17) is 9.47 Å². The van der Waals surface area contributed by atoms with Gasteiger partial charge >= 0.3 is 0 Å². The molecule has 1 N–H and O–H groups in total. The van der Waals surface area contributed by atoms with Crippen LogP contribution in [0.25, 0.3) is 0 Å². The molecular weight excluding hydrogens is 378 g/mol. The van der Waals surface area contributed by atoms with E-state index in [1.165, 1.54) is 12.1 Å². The first-order valence-corrected chi connectivity index (χ1v) is 9.75. The zero-order valence-corrected chi connectivity index (χ0v) is 16.9. The molecule has 0 aliphatic carbocycles. The van der Waals surface area contributed by atoms with Gasteiger partial charge in [-0.1, -0.05) is 0 Å². The van der Waals surface area contributed by atoms with Gasteiger partial charge in [-0.2, -0.15) is 0 Å². The lowest BCUT2D eigenvalue weighted by Gasteiger charge is -2.41. The Bertz CT molecular complexity index is 776. The minimum atomic E-state index is -0.558. The van der Waals surface area contributed by atoms with Crippen LogP contribution >= 0.6 is 0 Å². The van der Waals surface area contributed by atoms with Crippen molar-refractivity contribution in [3.8, 4) is 11.5 Å². The van der Waals surface area contributed by atoms with Crippen LogP contribution in [0.5, 0.6) is 11.5 Å². The maximum atomic E-state index is 13.5. The highest BCUT2D eigenvalue weighted by Crippen LogP contribution is 2.25. The first-order chi connectivity index (χ1) is 14.0. The van der Waals surface area contributed by atoms with Crippen molar-refractivity contribution in [3.05, 3.63) is 59.2 Å². The van der Waals surface area contributed by atoms with Gasteiger partial charge in [0, 0.05) is 57.5 Å². The lowest BCUT2D eigenvalue weighted by molar-refractivity contribution is 0.0498. The summed E-state index contributed by atoms with van der Waals surface area (Å²) in [6.45, 7) is 3.58. The summed E-state index contributed by atoms with van der Waals surface area (Å²) < 4.78 is 37.7. The molecule has 0 saturated carbocycles. The van der Waals surface area contributed by atoms with Gasteiger partial charge in [-0.3, -0.25) is 9.80 Å². The van der Waals surface area contributed by atoms with Gasteiger partial charge in [-0.25, -0.2) is 8.78 Å². The first kappa shape index (κ1) is 21.5. The molecule has 1 aliphatic rings. The normalized spacial score (nSPS) is 18.0. The molecule has 1 aliphatic heterocycles. The Hall–Kier alpha value is -2.22. The molecule has 0 amide bonds. The second-order valence-corrected chi connectivity index (χ2v) is 7.37. The molecule has 5 nitrogen and oxygen atoms in total. The fourth-order valence-electron chi connectivity index (χ4n) is 3.88. The van der Waals surface area contributed by atoms with Crippen LogP contribution in [0.3, 0.4) is 0 Å². The van der Waals surface area contributed by atoms with Crippen molar-refractivity contribution in [1.82, 2.24) is 9.80 Å². The van der Waals surface area contributed by atoms with Crippen LogP contribution in [0.15, 0.2) is 36.4 Å². The molecule has 1 fully saturated rings. The fourth-order valence-corrected chi connectivity index (χ4v) is 3.88. The molecule has 0 unspecified atom stereocenters. The van der Waals surface area contributed by atoms with Gasteiger partial charge in [0.05, 0.1) is 14.2 Å². The van der Waals surface area contributed by atoms with Crippen LogP contribution < -0.4 is 9.47 Å². The molecule has 158 valence electrons. The molecule has 0 aromatic heterocycles. The molecule has 1 atom stereocenters. The number of hydrogen-bond donors (Lipinski definition) is 1. The Morgan fingerprint density at radius 3 is 2.10 bits per heavy atom. The Morgan fingerprint density at radius 1 is 0.897 bits per heavy atom. The first-order valence-electron chi connectivity index (χ1n) is 9.75. The number of methoxy groups -OCH3 is 2. The van der Waals surface area contributed by atoms with Crippen molar-refractivity contribution in [2.45, 2.75) is 25.6 Å². The Kier molecular flexibility index (Phi) is 7.41. The smallest absolute Gasteiger partial charge is 0.126 e. The topological polar surface area (TPSA) is 45.2 Å². The minimum Gasteiger partial charge on any atom is -0.497 e. The van der Waals surface area contributed by atoms with Gasteiger partial charge in [0.2, 0.25) is 0 Å². The number of hydrogen-bond acceptors (Lipinski definition) is 5. The molecule has 7 heteroatoms. The SMILES string of the molecule is COc1cc(CN2CCN(Cc3cc(F)cc(F)c3)C[C@H]2CCO)cc(OC)c1. The number of aliphatic hydroxyl groups excluding tert-OH is 1. The summed E-state index contributed by atoms with van der Waals surface area (Å²) >= 11 is 0. The van der Waals surface area contributed by atoms with E-state index in [1.807, 2.05) is 18.2 Å². The van der Waals surface area contributed by atoms with Gasteiger partial charge < -0.3 is 14.6 Å². The summed E-state index contributed by atoms with van der Waals surface area (Å²) in [5.41, 5.74) is 1.70. The monoisotopic (exact) mass is 406 g/mol. The maximum absolute atomic E-state index is 13.5. The summed E-state index contributed by atoms with van der Waals surface area (Å²) in [6.07, 6.45) is 0.634. The lowest BCUT2D eigenvalue weighted by Crippen LogP contribution is -2.52. The quantitative estimate of drug-likeness (QED) is 0.730. The summed E-state index contributed by atoms with van der Waals surface area (Å²) in [5, 5.41) is 9.53. The third kappa shape index (κ3) is 5.88. The van der Waals surface area contributed by atoms with Gasteiger partial charge in [0.1, 0.15) is 23.1 Å². The van der Waals surface area contributed by atoms with E-state index in [0.717, 1.165) is 42.8 Å². The van der Waals surface area contributed by atoms with Crippen molar-refractivity contribution in [2.75, 3.05) is 40.5 Å². The van der Waals surface area contributed by atoms with E-state index in [0.29, 0.717) is 25.1 Å². The van der Waals surface area contributed by atoms with E-state index in [-0.39, 0.29) is 12.6 Å². The van der Waals surface area contributed by atoms with Crippen LogP contribution in [0.1, 0.15) is 17.5 Å². The second kappa shape index (κ2) is 10.0. The lowest BCUT2D eigenvalue weighted by atomic mass is 10.1. The Labute approximate surface area is 170 Å². The third-order valence-corrected chi connectivity index (χ3v) is 5.28. The highest BCUT2D eigenvalue weighted by Gasteiger charge is 2.27. The molecule has 0 radical (unpaired) electrons. The summed E-state index contributed by atoms with van der Waals surface area (Å²) in [7, 11) is 3.25. The van der Waals surface area contributed by atoms with E-state index in [1.54, 1.807) is 14.2 Å². The molecule has 2 aromatic carbocycles. The molecule has 2 aromatic rings. The van der Waals surface area contributed by atoms with Crippen LogP contribution in [-0.2, 0) is 13.1 Å². The molecule has 0 bridgehead atoms. The number of halogens is 2. The van der Waals surface area contributed by atoms with Gasteiger partial charge in [0.15, 0.2) is 0 Å². The van der Waals surface area contributed by atoms with E-state index in [2.05, 4.69) is 9.80 Å². The summed E-state index contributed by atoms with van der Waals surface area (Å²) in [5.74, 6) is 0.365. The van der Waals surface area contributed by atoms with Crippen molar-refractivity contribution >= 4 is 0 Å². The molecule has 1 heterocycles. The fraction of sp³-hybridized carbons (Fsp3) is 0.455. The number of nitrogens with zero attached hydrogens (tertiary/aromatic N) is 2. The largest absolute Gasteiger partial charge is 0.497 e. The van der Waals surface area contributed by atoms with E-state index >= 15 is 0 Å². The third-order valence-electron chi connectivity index (χ3n) is 5.28. The van der Waals surface area contributed by atoms with Crippen molar-refractivity contribution in [2.24, 2.45) is 0 Å². The summed E-state index contributed by atoms with van der Waals surface area (Å²) in [6, 6.07) is 9.59. The molecular formula is C22H28F2N2O3. The summed E-state index contributed by atoms with van der Waals surface area (Å²) in [4.78, 5) is 4.50. The van der Waals surface area contributed by atoms with Crippen molar-refractivity contribution in [3.63, 3.8) is 0 Å². The van der Waals surface area contributed by atoms with E-state index in [9.17, 15) is 13.9 Å². The predicted octanol–water partition coefficient (Wildman–Crippen LogP) is 3.05. The second-order valence-electron chi connectivity index (χ2n) is 7.37. The van der Waals surface area contributed by atoms with Gasteiger partial charge in [-0.15, -0.1) is 0 Å². The average molecular weight is 406 g/mol. The molecule has 29 heavy (non-hydrogen) atoms. The van der Waals surface area contributed by atoms with Crippen LogP contribution in [0, 0.1) is 11.6 Å². The predicted molar refractivity (Wildman–Crippen MR) is 107 cm³/mol. The highest BCUT2D eigenvalue weighted by molar-refractivity contribution is 5.38. The Balaban J connectivity index is 1.69.